The van der Waals surface area contributed by atoms with Crippen molar-refractivity contribution in [1.29, 1.82) is 0 Å². The molecule has 0 aromatic heterocycles. The first kappa shape index (κ1) is 14.4. The van der Waals surface area contributed by atoms with Crippen molar-refractivity contribution in [2.24, 2.45) is 0 Å². The summed E-state index contributed by atoms with van der Waals surface area (Å²) in [5.74, 6) is 0. The molecule has 100 valence electrons. The Morgan fingerprint density at radius 1 is 1.06 bits per heavy atom. The maximum absolute atomic E-state index is 13.0. The summed E-state index contributed by atoms with van der Waals surface area (Å²) in [6.07, 6.45) is -14.6. The van der Waals surface area contributed by atoms with Crippen LogP contribution in [-0.2, 0) is 0 Å². The van der Waals surface area contributed by atoms with Gasteiger partial charge in [0, 0.05) is 14.1 Å². The number of rotatable bonds is 0. The van der Waals surface area contributed by atoms with E-state index in [1.165, 1.54) is 13.0 Å². The average molecular weight is 261 g/mol. The summed E-state index contributed by atoms with van der Waals surface area (Å²) in [6.45, 7) is 1.05. The predicted molar refractivity (Wildman–Crippen MR) is 53.4 cm³/mol. The van der Waals surface area contributed by atoms with Crippen molar-refractivity contribution in [2.75, 3.05) is 20.6 Å². The molecule has 0 fully saturated rings. The second-order valence-corrected chi connectivity index (χ2v) is 5.29. The van der Waals surface area contributed by atoms with Gasteiger partial charge in [-0.3, -0.25) is 0 Å². The molecule has 0 N–H and O–H groups in total. The fraction of sp³-hybridized carbons (Fsp3) is 0.778. The van der Waals surface area contributed by atoms with Crippen LogP contribution in [0.3, 0.4) is 0 Å². The number of hydrogen-bond acceptors (Lipinski definition) is 0. The zero-order valence-corrected chi connectivity index (χ0v) is 9.78. The molecule has 0 radical (unpaired) electrons. The highest BCUT2D eigenvalue weighted by molar-refractivity contribution is 6.77. The van der Waals surface area contributed by atoms with E-state index < -0.39 is 29.1 Å². The molecule has 0 saturated heterocycles. The van der Waals surface area contributed by atoms with Crippen LogP contribution in [0.25, 0.3) is 0 Å². The second kappa shape index (κ2) is 3.67. The van der Waals surface area contributed by atoms with E-state index in [2.05, 4.69) is 0 Å². The molecule has 17 heavy (non-hydrogen) atoms. The summed E-state index contributed by atoms with van der Waals surface area (Å²) in [4.78, 5) is 0. The summed E-state index contributed by atoms with van der Waals surface area (Å²) in [5, 5.41) is 0. The van der Waals surface area contributed by atoms with Crippen molar-refractivity contribution in [2.45, 2.75) is 25.4 Å². The third kappa shape index (κ3) is 1.96. The van der Waals surface area contributed by atoms with Crippen LogP contribution >= 0.6 is 0 Å². The largest absolute Gasteiger partial charge is 0.504 e. The smallest absolute Gasteiger partial charge is 0.424 e. The highest BCUT2D eigenvalue weighted by Crippen LogP contribution is 2.50. The number of alkyl halides is 6. The average Bonchev–Trinajstić information content (AvgIpc) is 2.04. The molecule has 0 atom stereocenters. The van der Waals surface area contributed by atoms with Crippen molar-refractivity contribution >= 4 is 6.28 Å². The SMILES string of the molecule is CC1=CC[N+](C)(C)[B-](C(F)(F)F)(C(F)(F)F)C1. The topological polar surface area (TPSA) is 0 Å². The minimum atomic E-state index is -5.27. The van der Waals surface area contributed by atoms with Gasteiger partial charge in [0.1, 0.15) is 0 Å². The van der Waals surface area contributed by atoms with E-state index in [1.54, 1.807) is 0 Å². The molecule has 0 unspecified atom stereocenters. The summed E-state index contributed by atoms with van der Waals surface area (Å²) in [6, 6.07) is 0. The van der Waals surface area contributed by atoms with Gasteiger partial charge in [0.05, 0.1) is 6.54 Å². The standard InChI is InChI=1S/C9H14BF6N/c1-7-4-5-17(2,3)10(6-7,8(11,12)13)9(14,15)16/h4H,5-6H2,1-3H3. The molecule has 1 rings (SSSR count). The van der Waals surface area contributed by atoms with E-state index in [-0.39, 0.29) is 12.1 Å². The van der Waals surface area contributed by atoms with Gasteiger partial charge in [-0.1, -0.05) is 6.32 Å². The van der Waals surface area contributed by atoms with Crippen molar-refractivity contribution in [3.63, 3.8) is 0 Å². The van der Waals surface area contributed by atoms with Crippen LogP contribution in [0.1, 0.15) is 6.92 Å². The van der Waals surface area contributed by atoms with Crippen LogP contribution in [0.2, 0.25) is 6.32 Å². The minimum Gasteiger partial charge on any atom is -0.504 e. The van der Waals surface area contributed by atoms with Crippen molar-refractivity contribution < 1.29 is 30.7 Å². The van der Waals surface area contributed by atoms with Gasteiger partial charge < -0.3 is 4.39 Å². The molecular formula is C9H14BF6N. The van der Waals surface area contributed by atoms with Gasteiger partial charge in [-0.2, -0.15) is 0 Å². The van der Waals surface area contributed by atoms with E-state index in [1.807, 2.05) is 0 Å². The number of allylic oxidation sites excluding steroid dienone is 1. The third-order valence-corrected chi connectivity index (χ3v) is 3.80. The molecule has 0 aliphatic carbocycles. The van der Waals surface area contributed by atoms with Crippen LogP contribution in [0.4, 0.5) is 26.3 Å². The predicted octanol–water partition coefficient (Wildman–Crippen LogP) is 3.17. The molecular weight excluding hydrogens is 247 g/mol. The van der Waals surface area contributed by atoms with E-state index in [4.69, 9.17) is 0 Å². The fourth-order valence-electron chi connectivity index (χ4n) is 2.58. The van der Waals surface area contributed by atoms with E-state index in [0.29, 0.717) is 0 Å². The number of likely N-dealkylation sites (N-methyl/N-ethyl adjacent to an activating group) is 1. The van der Waals surface area contributed by atoms with Crippen molar-refractivity contribution in [3.05, 3.63) is 11.6 Å². The van der Waals surface area contributed by atoms with Gasteiger partial charge in [0.25, 0.3) is 0 Å². The minimum absolute atomic E-state index is 0.150. The lowest BCUT2D eigenvalue weighted by Crippen LogP contribution is -2.80. The molecule has 1 nitrogen and oxygen atoms in total. The van der Waals surface area contributed by atoms with Crippen LogP contribution in [-0.4, -0.2) is 43.5 Å². The number of hydrogen-bond donors (Lipinski definition) is 0. The molecule has 1 aliphatic rings. The lowest BCUT2D eigenvalue weighted by molar-refractivity contribution is -0.797. The summed E-state index contributed by atoms with van der Waals surface area (Å²) < 4.78 is 77.1. The van der Waals surface area contributed by atoms with Gasteiger partial charge in [-0.05, 0) is 13.0 Å². The van der Waals surface area contributed by atoms with Gasteiger partial charge in [-0.15, -0.1) is 5.57 Å². The van der Waals surface area contributed by atoms with Gasteiger partial charge >= 0.3 is 18.4 Å². The quantitative estimate of drug-likeness (QED) is 0.357. The Kier molecular flexibility index (Phi) is 3.11. The van der Waals surface area contributed by atoms with E-state index in [0.717, 1.165) is 14.1 Å². The molecule has 0 aromatic rings. The maximum Gasteiger partial charge on any atom is 0.424 e. The lowest BCUT2D eigenvalue weighted by atomic mass is 9.27. The zero-order chi connectivity index (χ0) is 13.7. The molecule has 1 aliphatic heterocycles. The van der Waals surface area contributed by atoms with Crippen LogP contribution < -0.4 is 0 Å². The van der Waals surface area contributed by atoms with Gasteiger partial charge in [0.2, 0.25) is 0 Å². The Labute approximate surface area is 95.6 Å². The van der Waals surface area contributed by atoms with E-state index in [9.17, 15) is 26.3 Å². The highest BCUT2D eigenvalue weighted by Gasteiger charge is 2.76. The summed E-state index contributed by atoms with van der Waals surface area (Å²) in [7, 11) is 1.98. The molecule has 0 spiro atoms. The highest BCUT2D eigenvalue weighted by atomic mass is 19.4. The van der Waals surface area contributed by atoms with Crippen LogP contribution in [0, 0.1) is 0 Å². The Morgan fingerprint density at radius 2 is 1.47 bits per heavy atom. The second-order valence-electron chi connectivity index (χ2n) is 5.29. The first-order chi connectivity index (χ1) is 7.35. The number of nitrogens with zero attached hydrogens (tertiary/aromatic N) is 1. The normalized spacial score (nSPS) is 24.4. The molecule has 0 bridgehead atoms. The Morgan fingerprint density at radius 3 is 1.76 bits per heavy atom. The lowest BCUT2D eigenvalue weighted by Gasteiger charge is -2.57. The molecule has 8 heteroatoms. The van der Waals surface area contributed by atoms with Crippen LogP contribution in [0.5, 0.6) is 0 Å². The third-order valence-electron chi connectivity index (χ3n) is 3.80. The Balaban J connectivity index is 3.48. The maximum atomic E-state index is 13.0. The zero-order valence-electron chi connectivity index (χ0n) is 9.78. The first-order valence-corrected chi connectivity index (χ1v) is 5.14. The molecule has 0 amide bonds. The van der Waals surface area contributed by atoms with Crippen molar-refractivity contribution in [3.8, 4) is 0 Å². The fourth-order valence-corrected chi connectivity index (χ4v) is 2.58. The number of halogens is 6. The molecule has 0 saturated carbocycles. The summed E-state index contributed by atoms with van der Waals surface area (Å²) >= 11 is 0. The molecule has 0 aromatic carbocycles. The van der Waals surface area contributed by atoms with Crippen molar-refractivity contribution in [1.82, 2.24) is 0 Å². The van der Waals surface area contributed by atoms with Gasteiger partial charge in [-0.25, -0.2) is 26.3 Å². The Hall–Kier alpha value is -0.655. The first-order valence-electron chi connectivity index (χ1n) is 5.14. The van der Waals surface area contributed by atoms with Crippen LogP contribution in [0.15, 0.2) is 11.6 Å². The monoisotopic (exact) mass is 261 g/mol. The van der Waals surface area contributed by atoms with E-state index >= 15 is 0 Å². The van der Waals surface area contributed by atoms with Gasteiger partial charge in [0.15, 0.2) is 0 Å². The summed E-state index contributed by atoms with van der Waals surface area (Å²) in [5.41, 5.74) is 0.150. The Bertz CT molecular complexity index is 326. The number of quaternary nitrogens is 1. The molecule has 1 heterocycles.